The molecule has 112 valence electrons. The number of nitrogens with one attached hydrogen (secondary N) is 1. The molecule has 20 heavy (non-hydrogen) atoms. The number of aliphatic hydroxyl groups is 4. The van der Waals surface area contributed by atoms with Crippen LogP contribution in [0.15, 0.2) is 6.33 Å². The van der Waals surface area contributed by atoms with E-state index in [1.807, 2.05) is 0 Å². The lowest BCUT2D eigenvalue weighted by Crippen LogP contribution is -2.60. The molecule has 0 radical (unpaired) electrons. The van der Waals surface area contributed by atoms with Gasteiger partial charge in [-0.15, -0.1) is 0 Å². The topological polar surface area (TPSA) is 171 Å². The average molecular weight is 289 g/mol. The summed E-state index contributed by atoms with van der Waals surface area (Å²) in [7, 11) is 0. The number of amides is 1. The van der Waals surface area contributed by atoms with Gasteiger partial charge in [-0.25, -0.2) is 4.98 Å². The number of aromatic nitrogens is 2. The van der Waals surface area contributed by atoms with Crippen molar-refractivity contribution >= 4 is 5.91 Å². The molecule has 10 heteroatoms. The molecule has 1 aliphatic rings. The predicted octanol–water partition coefficient (Wildman–Crippen LogP) is -3.31. The summed E-state index contributed by atoms with van der Waals surface area (Å²) in [5.74, 6) is -1.05. The summed E-state index contributed by atoms with van der Waals surface area (Å²) in [6.07, 6.45) is -6.06. The number of aliphatic hydroxyl groups excluding tert-OH is 4. The van der Waals surface area contributed by atoms with E-state index in [9.17, 15) is 20.1 Å². The van der Waals surface area contributed by atoms with Crippen LogP contribution < -0.4 is 10.5 Å². The van der Waals surface area contributed by atoms with Crippen molar-refractivity contribution in [2.24, 2.45) is 5.73 Å². The van der Waals surface area contributed by atoms with E-state index in [1.54, 1.807) is 0 Å². The van der Waals surface area contributed by atoms with E-state index in [-0.39, 0.29) is 11.6 Å². The molecule has 0 aliphatic carbocycles. The van der Waals surface area contributed by atoms with E-state index in [1.165, 1.54) is 0 Å². The lowest BCUT2D eigenvalue weighted by atomic mass is 9.99. The molecule has 0 aromatic carbocycles. The van der Waals surface area contributed by atoms with Gasteiger partial charge in [0.2, 0.25) is 12.2 Å². The van der Waals surface area contributed by atoms with Crippen LogP contribution >= 0.6 is 0 Å². The number of hydrogen-bond acceptors (Lipinski definition) is 8. The number of nitrogens with two attached hydrogens (primary N) is 1. The van der Waals surface area contributed by atoms with Crippen molar-refractivity contribution in [3.8, 4) is 5.88 Å². The minimum absolute atomic E-state index is 0.137. The highest BCUT2D eigenvalue weighted by Crippen LogP contribution is 2.24. The van der Waals surface area contributed by atoms with Crippen molar-refractivity contribution in [2.45, 2.75) is 30.7 Å². The zero-order chi connectivity index (χ0) is 14.9. The molecule has 7 N–H and O–H groups in total. The highest BCUT2D eigenvalue weighted by atomic mass is 16.7. The second kappa shape index (κ2) is 5.73. The molecule has 10 nitrogen and oxygen atoms in total. The van der Waals surface area contributed by atoms with Crippen molar-refractivity contribution in [3.63, 3.8) is 0 Å². The minimum atomic E-state index is -1.59. The largest absolute Gasteiger partial charge is 0.443 e. The van der Waals surface area contributed by atoms with E-state index in [4.69, 9.17) is 20.3 Å². The van der Waals surface area contributed by atoms with Crippen LogP contribution in [-0.4, -0.2) is 73.6 Å². The maximum Gasteiger partial charge on any atom is 0.270 e. The second-order valence-corrected chi connectivity index (χ2v) is 4.26. The number of ether oxygens (including phenoxy) is 2. The van der Waals surface area contributed by atoms with Crippen molar-refractivity contribution < 1.29 is 34.7 Å². The van der Waals surface area contributed by atoms with Gasteiger partial charge in [0.05, 0.1) is 12.9 Å². The summed E-state index contributed by atoms with van der Waals surface area (Å²) in [4.78, 5) is 17.2. The molecule has 1 aromatic rings. The summed E-state index contributed by atoms with van der Waals surface area (Å²) in [6.45, 7) is -0.589. The van der Waals surface area contributed by atoms with Gasteiger partial charge in [0.15, 0.2) is 5.69 Å². The van der Waals surface area contributed by atoms with E-state index in [0.717, 1.165) is 6.33 Å². The van der Waals surface area contributed by atoms with Crippen LogP contribution in [0.4, 0.5) is 0 Å². The first-order valence-corrected chi connectivity index (χ1v) is 5.76. The molecule has 1 amide bonds. The Morgan fingerprint density at radius 1 is 1.40 bits per heavy atom. The highest BCUT2D eigenvalue weighted by Gasteiger charge is 2.45. The van der Waals surface area contributed by atoms with Crippen LogP contribution in [0, 0.1) is 0 Å². The molecule has 2 heterocycles. The van der Waals surface area contributed by atoms with Crippen LogP contribution in [0.5, 0.6) is 5.88 Å². The monoisotopic (exact) mass is 289 g/mol. The first-order valence-electron chi connectivity index (χ1n) is 5.76. The Morgan fingerprint density at radius 2 is 2.10 bits per heavy atom. The molecule has 1 saturated heterocycles. The van der Waals surface area contributed by atoms with Crippen molar-refractivity contribution in [1.82, 2.24) is 9.97 Å². The maximum absolute atomic E-state index is 11.1. The van der Waals surface area contributed by atoms with Gasteiger partial charge in [0.1, 0.15) is 24.4 Å². The molecule has 2 rings (SSSR count). The van der Waals surface area contributed by atoms with Gasteiger partial charge >= 0.3 is 0 Å². The van der Waals surface area contributed by atoms with Gasteiger partial charge in [-0.05, 0) is 0 Å². The van der Waals surface area contributed by atoms with Gasteiger partial charge in [0.25, 0.3) is 5.91 Å². The molecule has 1 fully saturated rings. The Bertz CT molecular complexity index is 477. The summed E-state index contributed by atoms with van der Waals surface area (Å²) in [5.41, 5.74) is 4.94. The fraction of sp³-hybridized carbons (Fsp3) is 0.600. The van der Waals surface area contributed by atoms with Crippen LogP contribution in [0.3, 0.4) is 0 Å². The van der Waals surface area contributed by atoms with Crippen molar-refractivity contribution in [2.75, 3.05) is 6.61 Å². The third-order valence-corrected chi connectivity index (χ3v) is 2.93. The highest BCUT2D eigenvalue weighted by molar-refractivity contribution is 5.93. The first-order chi connectivity index (χ1) is 9.45. The fourth-order valence-corrected chi connectivity index (χ4v) is 1.82. The van der Waals surface area contributed by atoms with Gasteiger partial charge in [-0.1, -0.05) is 0 Å². The number of H-pyrrole nitrogens is 1. The van der Waals surface area contributed by atoms with Crippen molar-refractivity contribution in [3.05, 3.63) is 12.0 Å². The van der Waals surface area contributed by atoms with Crippen LogP contribution in [0.2, 0.25) is 0 Å². The Balaban J connectivity index is 2.15. The number of rotatable bonds is 4. The molecule has 1 aliphatic heterocycles. The molecule has 0 unspecified atom stereocenters. The van der Waals surface area contributed by atoms with Gasteiger partial charge in [-0.3, -0.25) is 4.79 Å². The van der Waals surface area contributed by atoms with Crippen LogP contribution in [0.1, 0.15) is 10.5 Å². The maximum atomic E-state index is 11.1. The SMILES string of the molecule is NC(=O)c1[nH]cnc1O[C@@H]1O[C@H](CO)[C@H](O)[C@H](O)[C@H]1O. The third-order valence-electron chi connectivity index (χ3n) is 2.93. The standard InChI is InChI=1S/C10H15N3O7/c11-8(18)4-9(13-2-12-4)20-10-7(17)6(16)5(15)3(1-14)19-10/h2-3,5-7,10,14-17H,1H2,(H2,11,18)(H,12,13)/t3-,5+,6+,7-,10+/m1/s1. The number of carbonyl (C=O) groups excluding carboxylic acids is 1. The Morgan fingerprint density at radius 3 is 2.70 bits per heavy atom. The third kappa shape index (κ3) is 2.59. The quantitative estimate of drug-likeness (QED) is 0.334. The Kier molecular flexibility index (Phi) is 4.20. The fourth-order valence-electron chi connectivity index (χ4n) is 1.82. The smallest absolute Gasteiger partial charge is 0.270 e. The number of imidazole rings is 1. The molecule has 0 spiro atoms. The van der Waals surface area contributed by atoms with Gasteiger partial charge in [-0.2, -0.15) is 0 Å². The molecule has 5 atom stereocenters. The molecule has 0 bridgehead atoms. The molecule has 1 aromatic heterocycles. The van der Waals surface area contributed by atoms with Gasteiger partial charge < -0.3 is 40.6 Å². The number of aromatic amines is 1. The van der Waals surface area contributed by atoms with Crippen LogP contribution in [0.25, 0.3) is 0 Å². The van der Waals surface area contributed by atoms with Crippen LogP contribution in [-0.2, 0) is 4.74 Å². The summed E-state index contributed by atoms with van der Waals surface area (Å²) >= 11 is 0. The lowest BCUT2D eigenvalue weighted by molar-refractivity contribution is -0.278. The first kappa shape index (κ1) is 14.7. The minimum Gasteiger partial charge on any atom is -0.443 e. The number of nitrogens with zero attached hydrogens (tertiary/aromatic N) is 1. The summed E-state index contributed by atoms with van der Waals surface area (Å²) in [6, 6.07) is 0. The lowest BCUT2D eigenvalue weighted by Gasteiger charge is -2.39. The van der Waals surface area contributed by atoms with E-state index in [2.05, 4.69) is 9.97 Å². The number of primary amides is 1. The molecule has 0 saturated carbocycles. The zero-order valence-electron chi connectivity index (χ0n) is 10.2. The normalized spacial score (nSPS) is 33.9. The summed E-state index contributed by atoms with van der Waals surface area (Å²) in [5, 5.41) is 38.0. The number of hydrogen-bond donors (Lipinski definition) is 6. The average Bonchev–Trinajstić information content (AvgIpc) is 2.87. The van der Waals surface area contributed by atoms with E-state index < -0.39 is 43.2 Å². The number of carbonyl (C=O) groups is 1. The van der Waals surface area contributed by atoms with Gasteiger partial charge in [0, 0.05) is 0 Å². The zero-order valence-corrected chi connectivity index (χ0v) is 10.2. The summed E-state index contributed by atoms with van der Waals surface area (Å²) < 4.78 is 10.3. The molecular weight excluding hydrogens is 274 g/mol. The Hall–Kier alpha value is -1.72. The molecular formula is C10H15N3O7. The van der Waals surface area contributed by atoms with Crippen molar-refractivity contribution in [1.29, 1.82) is 0 Å². The van der Waals surface area contributed by atoms with E-state index in [0.29, 0.717) is 0 Å². The second-order valence-electron chi connectivity index (χ2n) is 4.26. The Labute approximate surface area is 112 Å². The van der Waals surface area contributed by atoms with E-state index >= 15 is 0 Å². The predicted molar refractivity (Wildman–Crippen MR) is 61.5 cm³/mol.